The van der Waals surface area contributed by atoms with Gasteiger partial charge in [-0.2, -0.15) is 13.2 Å². The average molecular weight is 384 g/mol. The Morgan fingerprint density at radius 1 is 1.07 bits per heavy atom. The van der Waals surface area contributed by atoms with E-state index in [-0.39, 0.29) is 11.6 Å². The van der Waals surface area contributed by atoms with Gasteiger partial charge in [0.1, 0.15) is 5.75 Å². The Bertz CT molecular complexity index is 772. The third-order valence-corrected chi connectivity index (χ3v) is 3.39. The number of nitrogens with one attached hydrogen (secondary N) is 3. The fourth-order valence-electron chi connectivity index (χ4n) is 2.13. The molecule has 1 atom stereocenters. The van der Waals surface area contributed by atoms with Crippen molar-refractivity contribution in [2.24, 2.45) is 0 Å². The van der Waals surface area contributed by atoms with Crippen LogP contribution in [0.25, 0.3) is 0 Å². The number of hydrogen-bond acceptors (Lipinski definition) is 5. The van der Waals surface area contributed by atoms with E-state index in [1.54, 1.807) is 23.5 Å². The molecule has 7 nitrogen and oxygen atoms in total. The zero-order chi connectivity index (χ0) is 19.9. The van der Waals surface area contributed by atoms with E-state index in [9.17, 15) is 22.8 Å². The van der Waals surface area contributed by atoms with Crippen LogP contribution >= 0.6 is 0 Å². The zero-order valence-corrected chi connectivity index (χ0v) is 14.2. The standard InChI is InChI=1S/C17H16F3N3O4/c1-26-15(25)16(17(18,19)20,22-13-9-5-6-10-21-13)23-14(24)11-27-12-7-3-2-4-8-12/h2-10H,11H2,1H3,(H,21,22)(H,23,24)/p+1/t16-/m0/s1. The van der Waals surface area contributed by atoms with Crippen LogP contribution in [0.1, 0.15) is 0 Å². The monoisotopic (exact) mass is 384 g/mol. The van der Waals surface area contributed by atoms with Gasteiger partial charge in [-0.25, -0.2) is 15.1 Å². The van der Waals surface area contributed by atoms with Crippen molar-refractivity contribution in [3.63, 3.8) is 0 Å². The molecule has 2 aromatic rings. The molecule has 10 heteroatoms. The Balaban J connectivity index is 2.25. The first-order valence-electron chi connectivity index (χ1n) is 7.67. The maximum Gasteiger partial charge on any atom is 0.464 e. The third-order valence-electron chi connectivity index (χ3n) is 3.39. The highest BCUT2D eigenvalue weighted by atomic mass is 19.4. The van der Waals surface area contributed by atoms with E-state index in [1.807, 2.05) is 5.32 Å². The minimum atomic E-state index is -5.22. The van der Waals surface area contributed by atoms with Crippen LogP contribution in [0.4, 0.5) is 19.0 Å². The second kappa shape index (κ2) is 8.39. The lowest BCUT2D eigenvalue weighted by Crippen LogP contribution is -2.70. The molecule has 0 aliphatic carbocycles. The van der Waals surface area contributed by atoms with Crippen LogP contribution in [0.5, 0.6) is 5.75 Å². The van der Waals surface area contributed by atoms with Crippen LogP contribution in [-0.2, 0) is 14.3 Å². The van der Waals surface area contributed by atoms with Gasteiger partial charge in [0.2, 0.25) is 0 Å². The summed E-state index contributed by atoms with van der Waals surface area (Å²) >= 11 is 0. The van der Waals surface area contributed by atoms with Gasteiger partial charge < -0.3 is 9.47 Å². The normalized spacial score (nSPS) is 13.2. The van der Waals surface area contributed by atoms with Crippen molar-refractivity contribution in [2.75, 3.05) is 19.0 Å². The van der Waals surface area contributed by atoms with Crippen LogP contribution in [0, 0.1) is 0 Å². The Labute approximate surface area is 152 Å². The molecule has 1 aromatic carbocycles. The van der Waals surface area contributed by atoms with Crippen LogP contribution < -0.4 is 20.4 Å². The molecule has 0 saturated heterocycles. The number of carbonyl (C=O) groups is 2. The molecule has 0 radical (unpaired) electrons. The molecule has 1 amide bonds. The smallest absolute Gasteiger partial charge is 0.464 e. The fourth-order valence-corrected chi connectivity index (χ4v) is 2.13. The first kappa shape index (κ1) is 20.0. The number of aromatic nitrogens is 1. The second-order valence-corrected chi connectivity index (χ2v) is 5.29. The number of amides is 1. The van der Waals surface area contributed by atoms with Gasteiger partial charge in [0.05, 0.1) is 13.3 Å². The summed E-state index contributed by atoms with van der Waals surface area (Å²) in [4.78, 5) is 26.6. The lowest BCUT2D eigenvalue weighted by molar-refractivity contribution is -0.363. The van der Waals surface area contributed by atoms with Crippen molar-refractivity contribution >= 4 is 17.7 Å². The van der Waals surface area contributed by atoms with Gasteiger partial charge in [0, 0.05) is 6.07 Å². The number of ether oxygens (including phenoxy) is 2. The van der Waals surface area contributed by atoms with Crippen LogP contribution in [0.3, 0.4) is 0 Å². The Morgan fingerprint density at radius 2 is 1.74 bits per heavy atom. The highest BCUT2D eigenvalue weighted by molar-refractivity contribution is 5.91. The minimum Gasteiger partial charge on any atom is -0.484 e. The van der Waals surface area contributed by atoms with E-state index < -0.39 is 30.3 Å². The fraction of sp³-hybridized carbons (Fsp3) is 0.235. The number of halogens is 3. The van der Waals surface area contributed by atoms with Crippen LogP contribution in [0.2, 0.25) is 0 Å². The van der Waals surface area contributed by atoms with E-state index in [2.05, 4.69) is 9.72 Å². The molecule has 0 aliphatic heterocycles. The number of carbonyl (C=O) groups excluding carboxylic acids is 2. The SMILES string of the molecule is COC(=O)[C@@](NC(=O)COc1ccccc1)(Nc1cccc[nH+]1)C(F)(F)F. The summed E-state index contributed by atoms with van der Waals surface area (Å²) < 4.78 is 50.8. The van der Waals surface area contributed by atoms with E-state index in [1.165, 1.54) is 36.5 Å². The molecule has 144 valence electrons. The Morgan fingerprint density at radius 3 is 2.30 bits per heavy atom. The van der Waals surface area contributed by atoms with Gasteiger partial charge in [-0.15, -0.1) is 0 Å². The molecule has 1 heterocycles. The van der Waals surface area contributed by atoms with Crippen LogP contribution in [0.15, 0.2) is 54.7 Å². The maximum absolute atomic E-state index is 13.8. The molecule has 0 aliphatic rings. The van der Waals surface area contributed by atoms with Crippen molar-refractivity contribution in [3.05, 3.63) is 54.7 Å². The predicted octanol–water partition coefficient (Wildman–Crippen LogP) is 1.54. The molecule has 0 fully saturated rings. The molecule has 0 spiro atoms. The molecule has 2 rings (SSSR count). The minimum absolute atomic E-state index is 0.162. The number of anilines is 1. The van der Waals surface area contributed by atoms with Crippen molar-refractivity contribution in [2.45, 2.75) is 11.8 Å². The number of benzene rings is 1. The Kier molecular flexibility index (Phi) is 6.22. The van der Waals surface area contributed by atoms with Crippen molar-refractivity contribution < 1.29 is 37.2 Å². The summed E-state index contributed by atoms with van der Waals surface area (Å²) in [6.07, 6.45) is -3.87. The molecule has 27 heavy (non-hydrogen) atoms. The molecule has 3 N–H and O–H groups in total. The number of esters is 1. The van der Waals surface area contributed by atoms with Gasteiger partial charge >= 0.3 is 17.8 Å². The summed E-state index contributed by atoms with van der Waals surface area (Å²) in [6.45, 7) is -0.737. The largest absolute Gasteiger partial charge is 0.484 e. The van der Waals surface area contributed by atoms with Crippen LogP contribution in [-0.4, -0.2) is 37.4 Å². The Hall–Kier alpha value is -3.30. The first-order chi connectivity index (χ1) is 12.8. The first-order valence-corrected chi connectivity index (χ1v) is 7.67. The van der Waals surface area contributed by atoms with Gasteiger partial charge in [-0.1, -0.05) is 24.3 Å². The van der Waals surface area contributed by atoms with E-state index in [0.717, 1.165) is 7.11 Å². The van der Waals surface area contributed by atoms with Gasteiger partial charge in [-0.05, 0) is 18.2 Å². The molecule has 1 aromatic heterocycles. The highest BCUT2D eigenvalue weighted by Crippen LogP contribution is 2.32. The summed E-state index contributed by atoms with van der Waals surface area (Å²) in [5.74, 6) is -2.79. The summed E-state index contributed by atoms with van der Waals surface area (Å²) in [7, 11) is 0.784. The summed E-state index contributed by atoms with van der Waals surface area (Å²) in [6, 6.07) is 12.3. The number of rotatable bonds is 7. The molecular formula is C17H17F3N3O4+. The second-order valence-electron chi connectivity index (χ2n) is 5.29. The summed E-state index contributed by atoms with van der Waals surface area (Å²) in [5.41, 5.74) is -3.50. The van der Waals surface area contributed by atoms with E-state index in [0.29, 0.717) is 0 Å². The predicted molar refractivity (Wildman–Crippen MR) is 87.5 cm³/mol. The number of aromatic amines is 1. The zero-order valence-electron chi connectivity index (χ0n) is 14.2. The molecule has 0 unspecified atom stereocenters. The maximum atomic E-state index is 13.8. The van der Waals surface area contributed by atoms with E-state index in [4.69, 9.17) is 4.74 Å². The third kappa shape index (κ3) is 4.87. The number of H-pyrrole nitrogens is 1. The number of methoxy groups -OCH3 is 1. The lowest BCUT2D eigenvalue weighted by Gasteiger charge is -2.30. The number of hydrogen-bond donors (Lipinski definition) is 2. The molecular weight excluding hydrogens is 367 g/mol. The molecule has 0 saturated carbocycles. The number of pyridine rings is 1. The topological polar surface area (TPSA) is 90.8 Å². The summed E-state index contributed by atoms with van der Waals surface area (Å²) in [5, 5.41) is 3.61. The molecule has 0 bridgehead atoms. The van der Waals surface area contributed by atoms with Crippen molar-refractivity contribution in [1.82, 2.24) is 5.32 Å². The highest BCUT2D eigenvalue weighted by Gasteiger charge is 2.67. The number of alkyl halides is 3. The van der Waals surface area contributed by atoms with Gasteiger partial charge in [0.25, 0.3) is 11.7 Å². The average Bonchev–Trinajstić information content (AvgIpc) is 2.66. The van der Waals surface area contributed by atoms with E-state index >= 15 is 0 Å². The van der Waals surface area contributed by atoms with Gasteiger partial charge in [0.15, 0.2) is 6.61 Å². The van der Waals surface area contributed by atoms with Crippen molar-refractivity contribution in [1.29, 1.82) is 0 Å². The van der Waals surface area contributed by atoms with Gasteiger partial charge in [-0.3, -0.25) is 10.1 Å². The van der Waals surface area contributed by atoms with Crippen molar-refractivity contribution in [3.8, 4) is 5.75 Å². The quantitative estimate of drug-likeness (QED) is 0.558. The number of para-hydroxylation sites is 1. The lowest BCUT2D eigenvalue weighted by atomic mass is 10.1.